The molecule has 2 amide bonds. The van der Waals surface area contributed by atoms with Gasteiger partial charge in [-0.2, -0.15) is 0 Å². The number of benzene rings is 3. The minimum absolute atomic E-state index is 0.0387. The van der Waals surface area contributed by atoms with E-state index in [4.69, 9.17) is 4.74 Å². The maximum absolute atomic E-state index is 14.6. The number of hydrogen-bond acceptors (Lipinski definition) is 4. The van der Waals surface area contributed by atoms with Crippen molar-refractivity contribution < 1.29 is 28.6 Å². The van der Waals surface area contributed by atoms with Gasteiger partial charge in [-0.3, -0.25) is 14.9 Å². The molecule has 178 valence electrons. The minimum atomic E-state index is -0.978. The minimum Gasteiger partial charge on any atom is -0.481 e. The molecule has 0 spiro atoms. The zero-order valence-corrected chi connectivity index (χ0v) is 18.7. The summed E-state index contributed by atoms with van der Waals surface area (Å²) in [6.45, 7) is -0.0287. The number of ether oxygens (including phenoxy) is 1. The summed E-state index contributed by atoms with van der Waals surface area (Å²) >= 11 is 0. The highest BCUT2D eigenvalue weighted by atomic mass is 19.1. The van der Waals surface area contributed by atoms with E-state index in [0.717, 1.165) is 28.3 Å². The van der Waals surface area contributed by atoms with Crippen LogP contribution in [0.2, 0.25) is 0 Å². The summed E-state index contributed by atoms with van der Waals surface area (Å²) in [7, 11) is 0. The Morgan fingerprint density at radius 3 is 2.17 bits per heavy atom. The van der Waals surface area contributed by atoms with Gasteiger partial charge in [-0.1, -0.05) is 54.6 Å². The fourth-order valence-electron chi connectivity index (χ4n) is 4.54. The van der Waals surface area contributed by atoms with Crippen molar-refractivity contribution in [1.82, 2.24) is 5.32 Å². The first-order valence-corrected chi connectivity index (χ1v) is 11.3. The summed E-state index contributed by atoms with van der Waals surface area (Å²) in [5, 5.41) is 14.2. The predicted molar refractivity (Wildman–Crippen MR) is 127 cm³/mol. The second kappa shape index (κ2) is 8.87. The summed E-state index contributed by atoms with van der Waals surface area (Å²) in [5.41, 5.74) is 2.85. The number of anilines is 1. The smallest absolute Gasteiger partial charge is 0.411 e. The molecule has 0 bridgehead atoms. The van der Waals surface area contributed by atoms with Crippen molar-refractivity contribution in [2.75, 3.05) is 18.5 Å². The largest absolute Gasteiger partial charge is 0.481 e. The number of carboxylic acids is 1. The Balaban J connectivity index is 1.28. The van der Waals surface area contributed by atoms with E-state index in [1.54, 1.807) is 0 Å². The Bertz CT molecular complexity index is 1290. The molecule has 0 heterocycles. The maximum Gasteiger partial charge on any atom is 0.411 e. The van der Waals surface area contributed by atoms with Gasteiger partial charge < -0.3 is 15.2 Å². The predicted octanol–water partition coefficient (Wildman–Crippen LogP) is 4.78. The Morgan fingerprint density at radius 2 is 1.57 bits per heavy atom. The Morgan fingerprint density at radius 1 is 0.943 bits per heavy atom. The molecule has 7 nitrogen and oxygen atoms in total. The molecule has 0 atom stereocenters. The number of halogens is 1. The molecular formula is C27H23FN2O5. The zero-order valence-electron chi connectivity index (χ0n) is 18.7. The van der Waals surface area contributed by atoms with Crippen molar-refractivity contribution in [2.24, 2.45) is 5.41 Å². The van der Waals surface area contributed by atoms with Crippen molar-refractivity contribution >= 4 is 23.7 Å². The van der Waals surface area contributed by atoms with Gasteiger partial charge in [-0.15, -0.1) is 0 Å². The van der Waals surface area contributed by atoms with Crippen LogP contribution in [0.3, 0.4) is 0 Å². The van der Waals surface area contributed by atoms with Gasteiger partial charge in [0.25, 0.3) is 5.91 Å². The van der Waals surface area contributed by atoms with Crippen LogP contribution in [0.1, 0.15) is 40.2 Å². The molecule has 3 aromatic carbocycles. The number of amides is 2. The van der Waals surface area contributed by atoms with Crippen LogP contribution in [0.15, 0.2) is 66.7 Å². The fourth-order valence-corrected chi connectivity index (χ4v) is 4.54. The van der Waals surface area contributed by atoms with Gasteiger partial charge >= 0.3 is 12.1 Å². The van der Waals surface area contributed by atoms with Crippen LogP contribution < -0.4 is 10.6 Å². The van der Waals surface area contributed by atoms with E-state index in [1.165, 1.54) is 12.1 Å². The van der Waals surface area contributed by atoms with Gasteiger partial charge in [-0.05, 0) is 47.2 Å². The Labute approximate surface area is 200 Å². The highest BCUT2D eigenvalue weighted by Gasteiger charge is 2.50. The summed E-state index contributed by atoms with van der Waals surface area (Å²) in [6, 6.07) is 19.6. The maximum atomic E-state index is 14.6. The highest BCUT2D eigenvalue weighted by Crippen LogP contribution is 2.45. The zero-order chi connectivity index (χ0) is 24.6. The lowest BCUT2D eigenvalue weighted by Gasteiger charge is -2.16. The van der Waals surface area contributed by atoms with Crippen molar-refractivity contribution in [3.8, 4) is 11.1 Å². The molecule has 2 aliphatic rings. The van der Waals surface area contributed by atoms with Gasteiger partial charge in [0, 0.05) is 12.5 Å². The van der Waals surface area contributed by atoms with Crippen LogP contribution in [0, 0.1) is 11.2 Å². The average Bonchev–Trinajstić information content (AvgIpc) is 3.60. The third-order valence-electron chi connectivity index (χ3n) is 6.72. The van der Waals surface area contributed by atoms with Gasteiger partial charge in [0.15, 0.2) is 0 Å². The topological polar surface area (TPSA) is 105 Å². The van der Waals surface area contributed by atoms with Crippen LogP contribution in [0.5, 0.6) is 0 Å². The standard InChI is InChI=1S/C27H23FN2O5/c28-22-11-5-10-20(24(31)29-15-27(12-13-27)25(32)33)23(22)30-26(34)35-14-21-18-8-3-1-6-16(18)17-7-2-4-9-19(17)21/h1-11,21H,12-15H2,(H,29,31)(H,30,34)(H,32,33). The molecule has 0 aromatic heterocycles. The SMILES string of the molecule is O=C(Nc1c(F)cccc1C(=O)NCC1(C(=O)O)CC1)OCC1c2ccccc2-c2ccccc21. The molecule has 1 saturated carbocycles. The number of aliphatic carboxylic acids is 1. The quantitative estimate of drug-likeness (QED) is 0.457. The van der Waals surface area contributed by atoms with Gasteiger partial charge in [0.2, 0.25) is 0 Å². The third-order valence-corrected chi connectivity index (χ3v) is 6.72. The molecule has 0 radical (unpaired) electrons. The van der Waals surface area contributed by atoms with Crippen molar-refractivity contribution in [3.05, 3.63) is 89.2 Å². The van der Waals surface area contributed by atoms with E-state index >= 15 is 0 Å². The first kappa shape index (κ1) is 22.6. The fraction of sp³-hybridized carbons (Fsp3) is 0.222. The Kier molecular flexibility index (Phi) is 5.72. The number of hydrogen-bond donors (Lipinski definition) is 3. The molecule has 3 N–H and O–H groups in total. The monoisotopic (exact) mass is 474 g/mol. The van der Waals surface area contributed by atoms with Crippen LogP contribution >= 0.6 is 0 Å². The molecule has 2 aliphatic carbocycles. The average molecular weight is 474 g/mol. The summed E-state index contributed by atoms with van der Waals surface area (Å²) in [6.07, 6.45) is 0.0444. The number of nitrogens with one attached hydrogen (secondary N) is 2. The van der Waals surface area contributed by atoms with Gasteiger partial charge in [-0.25, -0.2) is 9.18 Å². The van der Waals surface area contributed by atoms with Crippen LogP contribution in [-0.4, -0.2) is 36.2 Å². The lowest BCUT2D eigenvalue weighted by molar-refractivity contribution is -0.143. The molecule has 5 rings (SSSR count). The second-order valence-corrected chi connectivity index (χ2v) is 8.88. The van der Waals surface area contributed by atoms with Crippen LogP contribution in [0.4, 0.5) is 14.9 Å². The van der Waals surface area contributed by atoms with E-state index in [9.17, 15) is 23.9 Å². The van der Waals surface area contributed by atoms with E-state index in [0.29, 0.717) is 12.8 Å². The number of carbonyl (C=O) groups excluding carboxylic acids is 2. The number of carbonyl (C=O) groups is 3. The van der Waals surface area contributed by atoms with E-state index in [-0.39, 0.29) is 30.3 Å². The Hall–Kier alpha value is -4.20. The molecule has 1 fully saturated rings. The molecule has 35 heavy (non-hydrogen) atoms. The second-order valence-electron chi connectivity index (χ2n) is 8.88. The molecule has 3 aromatic rings. The third kappa shape index (κ3) is 4.23. The summed E-state index contributed by atoms with van der Waals surface area (Å²) in [4.78, 5) is 36.7. The lowest BCUT2D eigenvalue weighted by Crippen LogP contribution is -2.34. The van der Waals surface area contributed by atoms with E-state index in [2.05, 4.69) is 10.6 Å². The van der Waals surface area contributed by atoms with E-state index < -0.39 is 29.2 Å². The number of carboxylic acid groups (broad SMARTS) is 1. The summed E-state index contributed by atoms with van der Waals surface area (Å²) < 4.78 is 20.0. The molecule has 8 heteroatoms. The first-order chi connectivity index (χ1) is 16.9. The highest BCUT2D eigenvalue weighted by molar-refractivity contribution is 6.03. The normalized spacial score (nSPS) is 15.0. The number of rotatable bonds is 7. The van der Waals surface area contributed by atoms with E-state index in [1.807, 2.05) is 48.5 Å². The number of fused-ring (bicyclic) bond motifs is 3. The molecule has 0 aliphatic heterocycles. The van der Waals surface area contributed by atoms with Crippen molar-refractivity contribution in [1.29, 1.82) is 0 Å². The molecule has 0 unspecified atom stereocenters. The van der Waals surface area contributed by atoms with Crippen LogP contribution in [0.25, 0.3) is 11.1 Å². The molecule has 0 saturated heterocycles. The number of para-hydroxylation sites is 1. The lowest BCUT2D eigenvalue weighted by atomic mass is 9.98. The molecular weight excluding hydrogens is 451 g/mol. The first-order valence-electron chi connectivity index (χ1n) is 11.3. The van der Waals surface area contributed by atoms with Crippen molar-refractivity contribution in [3.63, 3.8) is 0 Å². The van der Waals surface area contributed by atoms with Crippen LogP contribution in [-0.2, 0) is 9.53 Å². The van der Waals surface area contributed by atoms with Gasteiger partial charge in [0.05, 0.1) is 16.7 Å². The summed E-state index contributed by atoms with van der Waals surface area (Å²) in [5.74, 6) is -2.62. The van der Waals surface area contributed by atoms with Gasteiger partial charge in [0.1, 0.15) is 12.4 Å². The van der Waals surface area contributed by atoms with Crippen molar-refractivity contribution in [2.45, 2.75) is 18.8 Å².